The van der Waals surface area contributed by atoms with Crippen LogP contribution in [0.4, 0.5) is 4.39 Å². The molecule has 2 aromatic heterocycles. The number of fused-ring (bicyclic) bond motifs is 1. The maximum absolute atomic E-state index is 14.1. The fourth-order valence-corrected chi connectivity index (χ4v) is 3.71. The predicted molar refractivity (Wildman–Crippen MR) is 126 cm³/mol. The highest BCUT2D eigenvalue weighted by atomic mass is 19.1. The van der Waals surface area contributed by atoms with Crippen LogP contribution < -0.4 is 10.2 Å². The van der Waals surface area contributed by atoms with Crippen LogP contribution in [0.5, 0.6) is 5.75 Å². The van der Waals surface area contributed by atoms with Crippen LogP contribution in [0.15, 0.2) is 48.8 Å². The number of H-pyrrole nitrogens is 1. The Bertz CT molecular complexity index is 1300. The Hall–Kier alpha value is -3.68. The molecular weight excluding hydrogens is 406 g/mol. The Balaban J connectivity index is 1.62. The third-order valence-corrected chi connectivity index (χ3v) is 5.53. The van der Waals surface area contributed by atoms with E-state index in [0.717, 1.165) is 27.7 Å². The zero-order valence-corrected chi connectivity index (χ0v) is 18.6. The smallest absolute Gasteiger partial charge is 0.254 e. The van der Waals surface area contributed by atoms with Crippen molar-refractivity contribution >= 4 is 30.1 Å². The van der Waals surface area contributed by atoms with Gasteiger partial charge in [0.2, 0.25) is 0 Å². The van der Waals surface area contributed by atoms with Crippen molar-refractivity contribution in [2.45, 2.75) is 20.4 Å². The van der Waals surface area contributed by atoms with Gasteiger partial charge in [-0.25, -0.2) is 4.39 Å². The van der Waals surface area contributed by atoms with E-state index in [2.05, 4.69) is 15.2 Å². The number of hydrogen-bond acceptors (Lipinski definition) is 4. The van der Waals surface area contributed by atoms with Crippen LogP contribution >= 0.6 is 0 Å². The molecule has 32 heavy (non-hydrogen) atoms. The molecule has 2 aromatic carbocycles. The van der Waals surface area contributed by atoms with E-state index in [1.807, 2.05) is 19.9 Å². The lowest BCUT2D eigenvalue weighted by Crippen LogP contribution is -2.26. The van der Waals surface area contributed by atoms with Gasteiger partial charge >= 0.3 is 0 Å². The molecule has 8 heteroatoms. The fourth-order valence-electron chi connectivity index (χ4n) is 3.71. The number of benzene rings is 2. The van der Waals surface area contributed by atoms with E-state index in [9.17, 15) is 9.18 Å². The van der Waals surface area contributed by atoms with Crippen molar-refractivity contribution in [1.82, 2.24) is 20.1 Å². The number of nitrogens with one attached hydrogen (secondary N) is 1. The maximum Gasteiger partial charge on any atom is 0.254 e. The Morgan fingerprint density at radius 2 is 2.03 bits per heavy atom. The van der Waals surface area contributed by atoms with Crippen molar-refractivity contribution in [3.63, 3.8) is 0 Å². The summed E-state index contributed by atoms with van der Waals surface area (Å²) in [5.74, 6) is 0.116. The Morgan fingerprint density at radius 3 is 2.78 bits per heavy atom. The molecule has 0 saturated carbocycles. The number of hydrogen-bond donors (Lipinski definition) is 1. The molecule has 0 aliphatic rings. The highest BCUT2D eigenvalue weighted by Gasteiger charge is 2.18. The van der Waals surface area contributed by atoms with Crippen molar-refractivity contribution < 1.29 is 13.9 Å². The lowest BCUT2D eigenvalue weighted by atomic mass is 9.92. The molecule has 6 nitrogen and oxygen atoms in total. The Morgan fingerprint density at radius 1 is 1.22 bits per heavy atom. The molecule has 0 aliphatic heterocycles. The molecule has 162 valence electrons. The average molecular weight is 430 g/mol. The van der Waals surface area contributed by atoms with Gasteiger partial charge in [0.25, 0.3) is 5.91 Å². The molecule has 0 bridgehead atoms. The molecule has 0 unspecified atom stereocenters. The number of aryl methyl sites for hydroxylation is 1. The number of ether oxygens (including phenoxy) is 1. The molecule has 2 heterocycles. The quantitative estimate of drug-likeness (QED) is 0.478. The first kappa shape index (κ1) is 21.6. The lowest BCUT2D eigenvalue weighted by Gasteiger charge is -2.19. The first-order chi connectivity index (χ1) is 15.4. The number of carbonyl (C=O) groups is 1. The Kier molecular flexibility index (Phi) is 5.94. The monoisotopic (exact) mass is 430 g/mol. The summed E-state index contributed by atoms with van der Waals surface area (Å²) in [6.45, 7) is 4.61. The minimum Gasteiger partial charge on any atom is -0.493 e. The first-order valence-corrected chi connectivity index (χ1v) is 10.5. The third-order valence-electron chi connectivity index (χ3n) is 5.53. The van der Waals surface area contributed by atoms with Crippen LogP contribution in [0, 0.1) is 12.7 Å². The van der Waals surface area contributed by atoms with Gasteiger partial charge in [-0.2, -0.15) is 5.10 Å². The summed E-state index contributed by atoms with van der Waals surface area (Å²) in [5, 5.41) is 8.04. The van der Waals surface area contributed by atoms with Crippen molar-refractivity contribution in [3.05, 3.63) is 71.4 Å². The molecule has 4 rings (SSSR count). The van der Waals surface area contributed by atoms with Gasteiger partial charge in [-0.05, 0) is 43.7 Å². The molecule has 0 atom stereocenters. The number of aromatic nitrogens is 3. The second-order valence-electron chi connectivity index (χ2n) is 7.80. The molecule has 0 radical (unpaired) electrons. The minimum absolute atomic E-state index is 0.152. The Labute approximate surface area is 186 Å². The van der Waals surface area contributed by atoms with Gasteiger partial charge < -0.3 is 9.64 Å². The predicted octanol–water partition coefficient (Wildman–Crippen LogP) is 3.00. The van der Waals surface area contributed by atoms with Crippen LogP contribution in [0.1, 0.15) is 28.5 Å². The van der Waals surface area contributed by atoms with E-state index >= 15 is 0 Å². The summed E-state index contributed by atoms with van der Waals surface area (Å²) >= 11 is 0. The normalized spacial score (nSPS) is 11.0. The lowest BCUT2D eigenvalue weighted by molar-refractivity contribution is 0.0785. The highest BCUT2D eigenvalue weighted by molar-refractivity contribution is 6.32. The van der Waals surface area contributed by atoms with Gasteiger partial charge in [0, 0.05) is 47.6 Å². The van der Waals surface area contributed by atoms with Gasteiger partial charge in [-0.1, -0.05) is 17.6 Å². The number of halogens is 1. The van der Waals surface area contributed by atoms with E-state index in [1.54, 1.807) is 56.5 Å². The number of pyridine rings is 1. The fraction of sp³-hybridized carbons (Fsp3) is 0.208. The summed E-state index contributed by atoms with van der Waals surface area (Å²) in [6.07, 6.45) is 3.50. The average Bonchev–Trinajstić information content (AvgIpc) is 3.28. The number of aromatic amines is 1. The minimum atomic E-state index is -0.276. The number of amides is 1. The van der Waals surface area contributed by atoms with Crippen LogP contribution in [0.2, 0.25) is 0 Å². The van der Waals surface area contributed by atoms with Gasteiger partial charge in [0.15, 0.2) is 0 Å². The second kappa shape index (κ2) is 8.82. The summed E-state index contributed by atoms with van der Waals surface area (Å²) in [5.41, 5.74) is 5.17. The van der Waals surface area contributed by atoms with E-state index in [4.69, 9.17) is 4.74 Å². The van der Waals surface area contributed by atoms with E-state index in [-0.39, 0.29) is 11.7 Å². The largest absolute Gasteiger partial charge is 0.493 e. The number of carbonyl (C=O) groups excluding carboxylic acids is 1. The molecule has 0 aliphatic carbocycles. The van der Waals surface area contributed by atoms with Crippen molar-refractivity contribution in [2.24, 2.45) is 0 Å². The number of rotatable bonds is 6. The van der Waals surface area contributed by atoms with Crippen LogP contribution in [0.3, 0.4) is 0 Å². The van der Waals surface area contributed by atoms with Crippen molar-refractivity contribution in [2.75, 3.05) is 13.7 Å². The topological polar surface area (TPSA) is 71.1 Å². The standard InChI is InChI=1S/C24H24BFN4O2/c1-4-32-22-10-16(5-7-18(22)15-6-8-20(25)21(26)9-15)24(31)30(3)13-17-11-27-14(2)19-12-28-29-23(17)19/h5-12H,4,13,25H2,1-3H3,(H,28,29). The SMILES string of the molecule is Bc1ccc(-c2ccc(C(=O)N(C)Cc3cnc(C)c4cn[nH]c34)cc2OCC)cc1F. The molecule has 1 amide bonds. The van der Waals surface area contributed by atoms with Gasteiger partial charge in [-0.3, -0.25) is 14.9 Å². The summed E-state index contributed by atoms with van der Waals surface area (Å²) in [4.78, 5) is 19.2. The molecular formula is C24H24BFN4O2. The van der Waals surface area contributed by atoms with E-state index in [0.29, 0.717) is 35.5 Å². The van der Waals surface area contributed by atoms with Crippen LogP contribution in [0.25, 0.3) is 22.0 Å². The van der Waals surface area contributed by atoms with Crippen molar-refractivity contribution in [3.8, 4) is 16.9 Å². The first-order valence-electron chi connectivity index (χ1n) is 10.5. The number of nitrogens with zero attached hydrogens (tertiary/aromatic N) is 3. The maximum atomic E-state index is 14.1. The van der Waals surface area contributed by atoms with Gasteiger partial charge in [-0.15, -0.1) is 0 Å². The summed E-state index contributed by atoms with van der Waals surface area (Å²) in [7, 11) is 3.47. The molecule has 4 aromatic rings. The molecule has 1 N–H and O–H groups in total. The highest BCUT2D eigenvalue weighted by Crippen LogP contribution is 2.32. The third kappa shape index (κ3) is 4.08. The van der Waals surface area contributed by atoms with Crippen LogP contribution in [-0.4, -0.2) is 47.5 Å². The molecule has 0 spiro atoms. The van der Waals surface area contributed by atoms with Crippen molar-refractivity contribution in [1.29, 1.82) is 0 Å². The zero-order valence-electron chi connectivity index (χ0n) is 18.6. The van der Waals surface area contributed by atoms with Crippen LogP contribution in [-0.2, 0) is 6.54 Å². The van der Waals surface area contributed by atoms with Gasteiger partial charge in [0.05, 0.1) is 18.3 Å². The molecule has 0 saturated heterocycles. The summed E-state index contributed by atoms with van der Waals surface area (Å²) in [6, 6.07) is 10.3. The van der Waals surface area contributed by atoms with E-state index in [1.165, 1.54) is 6.07 Å². The second-order valence-corrected chi connectivity index (χ2v) is 7.80. The van der Waals surface area contributed by atoms with E-state index < -0.39 is 0 Å². The zero-order chi connectivity index (χ0) is 22.8. The van der Waals surface area contributed by atoms with Gasteiger partial charge in [0.1, 0.15) is 19.4 Å². The summed E-state index contributed by atoms with van der Waals surface area (Å²) < 4.78 is 19.9. The molecule has 0 fully saturated rings.